The van der Waals surface area contributed by atoms with Gasteiger partial charge in [-0.15, -0.1) is 0 Å². The molecule has 0 bridgehead atoms. The molecule has 2 aromatic rings. The zero-order valence-corrected chi connectivity index (χ0v) is 24.4. The van der Waals surface area contributed by atoms with Crippen LogP contribution in [0.15, 0.2) is 30.3 Å². The van der Waals surface area contributed by atoms with E-state index in [1.54, 1.807) is 51.1 Å². The van der Waals surface area contributed by atoms with Gasteiger partial charge in [0.2, 0.25) is 0 Å². The van der Waals surface area contributed by atoms with Crippen LogP contribution in [0.5, 0.6) is 11.5 Å². The molecule has 1 atom stereocenters. The Labute approximate surface area is 232 Å². The third-order valence-electron chi connectivity index (χ3n) is 6.12. The SMILES string of the molecule is CCCCOc1c(NC(=O)OC(C)(C)C)c(CC[C@@H](CO)CC(C)C)c(F)c(C)c1C(=O)Oc1ccccc1. The Hall–Kier alpha value is -3.13. The largest absolute Gasteiger partial charge is 0.490 e. The number of benzene rings is 2. The molecule has 1 amide bonds. The second-order valence-electron chi connectivity index (χ2n) is 11.2. The molecule has 0 aliphatic rings. The number of hydrogen-bond donors (Lipinski definition) is 2. The van der Waals surface area contributed by atoms with Gasteiger partial charge in [0.25, 0.3) is 0 Å². The number of esters is 1. The predicted molar refractivity (Wildman–Crippen MR) is 151 cm³/mol. The van der Waals surface area contributed by atoms with Gasteiger partial charge in [-0.3, -0.25) is 5.32 Å². The van der Waals surface area contributed by atoms with Gasteiger partial charge in [0.1, 0.15) is 22.7 Å². The van der Waals surface area contributed by atoms with Crippen LogP contribution in [0.2, 0.25) is 0 Å². The normalized spacial score (nSPS) is 12.3. The Bertz CT molecular complexity index is 1090. The third-order valence-corrected chi connectivity index (χ3v) is 6.12. The van der Waals surface area contributed by atoms with Gasteiger partial charge in [0.15, 0.2) is 5.75 Å². The van der Waals surface area contributed by atoms with Crippen molar-refractivity contribution < 1.29 is 33.3 Å². The fourth-order valence-electron chi connectivity index (χ4n) is 4.30. The summed E-state index contributed by atoms with van der Waals surface area (Å²) < 4.78 is 33.2. The van der Waals surface area contributed by atoms with E-state index < -0.39 is 23.5 Å². The molecule has 216 valence electrons. The fourth-order valence-corrected chi connectivity index (χ4v) is 4.30. The van der Waals surface area contributed by atoms with Crippen molar-refractivity contribution in [2.24, 2.45) is 11.8 Å². The van der Waals surface area contributed by atoms with Gasteiger partial charge in [-0.05, 0) is 77.3 Å². The quantitative estimate of drug-likeness (QED) is 0.154. The number of amides is 1. The first-order valence-electron chi connectivity index (χ1n) is 13.7. The molecule has 0 aromatic heterocycles. The maximum Gasteiger partial charge on any atom is 0.412 e. The number of carbonyl (C=O) groups is 2. The highest BCUT2D eigenvalue weighted by Crippen LogP contribution is 2.40. The van der Waals surface area contributed by atoms with Crippen LogP contribution >= 0.6 is 0 Å². The summed E-state index contributed by atoms with van der Waals surface area (Å²) in [5.41, 5.74) is -0.585. The lowest BCUT2D eigenvalue weighted by Gasteiger charge is -2.25. The monoisotopic (exact) mass is 545 g/mol. The lowest BCUT2D eigenvalue weighted by atomic mass is 9.90. The molecule has 0 heterocycles. The van der Waals surface area contributed by atoms with E-state index in [2.05, 4.69) is 19.2 Å². The number of unbranched alkanes of at least 4 members (excludes halogenated alkanes) is 1. The van der Waals surface area contributed by atoms with E-state index in [0.29, 0.717) is 24.5 Å². The zero-order chi connectivity index (χ0) is 29.2. The van der Waals surface area contributed by atoms with E-state index in [1.807, 2.05) is 6.92 Å². The van der Waals surface area contributed by atoms with Crippen molar-refractivity contribution in [2.75, 3.05) is 18.5 Å². The highest BCUT2D eigenvalue weighted by molar-refractivity contribution is 6.00. The van der Waals surface area contributed by atoms with Crippen LogP contribution in [0.3, 0.4) is 0 Å². The minimum absolute atomic E-state index is 0.0328. The maximum absolute atomic E-state index is 16.1. The van der Waals surface area contributed by atoms with Gasteiger partial charge in [-0.2, -0.15) is 0 Å². The van der Waals surface area contributed by atoms with Crippen LogP contribution in [0.4, 0.5) is 14.9 Å². The Morgan fingerprint density at radius 2 is 1.79 bits per heavy atom. The summed E-state index contributed by atoms with van der Waals surface area (Å²) in [6, 6.07) is 8.49. The number of anilines is 1. The summed E-state index contributed by atoms with van der Waals surface area (Å²) >= 11 is 0. The average molecular weight is 546 g/mol. The molecule has 7 nitrogen and oxygen atoms in total. The fraction of sp³-hybridized carbons (Fsp3) is 0.548. The molecular formula is C31H44FNO6. The molecule has 39 heavy (non-hydrogen) atoms. The molecule has 0 saturated carbocycles. The van der Waals surface area contributed by atoms with Crippen molar-refractivity contribution in [1.82, 2.24) is 0 Å². The topological polar surface area (TPSA) is 94.1 Å². The summed E-state index contributed by atoms with van der Waals surface area (Å²) in [5, 5.41) is 12.6. The van der Waals surface area contributed by atoms with E-state index in [4.69, 9.17) is 14.2 Å². The molecule has 0 saturated heterocycles. The molecule has 2 rings (SSSR count). The van der Waals surface area contributed by atoms with Crippen LogP contribution in [-0.4, -0.2) is 36.0 Å². The lowest BCUT2D eigenvalue weighted by molar-refractivity contribution is 0.0632. The van der Waals surface area contributed by atoms with Gasteiger partial charge in [0.05, 0.1) is 12.3 Å². The van der Waals surface area contributed by atoms with Crippen molar-refractivity contribution in [2.45, 2.75) is 86.2 Å². The molecule has 2 N–H and O–H groups in total. The summed E-state index contributed by atoms with van der Waals surface area (Å²) in [7, 11) is 0. The molecule has 0 aliphatic carbocycles. The summed E-state index contributed by atoms with van der Waals surface area (Å²) in [5.74, 6) is -0.774. The first kappa shape index (κ1) is 32.1. The van der Waals surface area contributed by atoms with E-state index in [-0.39, 0.29) is 53.7 Å². The van der Waals surface area contributed by atoms with Gasteiger partial charge >= 0.3 is 12.1 Å². The third kappa shape index (κ3) is 9.84. The molecule has 2 aromatic carbocycles. The van der Waals surface area contributed by atoms with E-state index >= 15 is 4.39 Å². The minimum Gasteiger partial charge on any atom is -0.490 e. The van der Waals surface area contributed by atoms with Crippen LogP contribution in [0, 0.1) is 24.6 Å². The molecule has 0 unspecified atom stereocenters. The van der Waals surface area contributed by atoms with E-state index in [0.717, 1.165) is 12.8 Å². The second kappa shape index (κ2) is 14.9. The molecule has 8 heteroatoms. The average Bonchev–Trinajstić information content (AvgIpc) is 2.85. The maximum atomic E-state index is 16.1. The highest BCUT2D eigenvalue weighted by Gasteiger charge is 2.31. The Morgan fingerprint density at radius 1 is 1.13 bits per heavy atom. The number of para-hydroxylation sites is 1. The Kier molecular flexibility index (Phi) is 12.2. The molecule has 0 fully saturated rings. The summed E-state index contributed by atoms with van der Waals surface area (Å²) in [6.07, 6.45) is 2.19. The second-order valence-corrected chi connectivity index (χ2v) is 11.2. The summed E-state index contributed by atoms with van der Waals surface area (Å²) in [4.78, 5) is 26.3. The van der Waals surface area contributed by atoms with E-state index in [9.17, 15) is 14.7 Å². The molecule has 0 aliphatic heterocycles. The van der Waals surface area contributed by atoms with Crippen molar-refractivity contribution in [3.05, 3.63) is 52.8 Å². The Morgan fingerprint density at radius 3 is 2.36 bits per heavy atom. The number of ether oxygens (including phenoxy) is 3. The number of rotatable bonds is 13. The molecular weight excluding hydrogens is 501 g/mol. The van der Waals surface area contributed by atoms with Crippen molar-refractivity contribution in [3.8, 4) is 11.5 Å². The smallest absolute Gasteiger partial charge is 0.412 e. The molecule has 0 radical (unpaired) electrons. The predicted octanol–water partition coefficient (Wildman–Crippen LogP) is 7.47. The number of aliphatic hydroxyl groups is 1. The number of hydrogen-bond acceptors (Lipinski definition) is 6. The van der Waals surface area contributed by atoms with Gasteiger partial charge in [0, 0.05) is 17.7 Å². The van der Waals surface area contributed by atoms with Crippen LogP contribution in [-0.2, 0) is 11.2 Å². The van der Waals surface area contributed by atoms with Crippen molar-refractivity contribution >= 4 is 17.7 Å². The highest BCUT2D eigenvalue weighted by atomic mass is 19.1. The number of carbonyl (C=O) groups excluding carboxylic acids is 2. The first-order valence-corrected chi connectivity index (χ1v) is 13.7. The standard InChI is InChI=1S/C31H44FNO6/c1-8-9-17-37-28-25(29(35)38-23-13-11-10-12-14-23)21(4)26(32)24(16-15-22(19-34)18-20(2)3)27(28)33-30(36)39-31(5,6)7/h10-14,20,22,34H,8-9,15-19H2,1-7H3,(H,33,36)/t22-/m1/s1. The van der Waals surface area contributed by atoms with Crippen LogP contribution in [0.1, 0.15) is 88.7 Å². The van der Waals surface area contributed by atoms with Gasteiger partial charge in [-0.25, -0.2) is 14.0 Å². The number of halogens is 1. The molecule has 0 spiro atoms. The zero-order valence-electron chi connectivity index (χ0n) is 24.4. The number of aliphatic hydroxyl groups excluding tert-OH is 1. The number of nitrogens with one attached hydrogen (secondary N) is 1. The summed E-state index contributed by atoms with van der Waals surface area (Å²) in [6.45, 7) is 13.0. The van der Waals surface area contributed by atoms with Gasteiger partial charge < -0.3 is 19.3 Å². The van der Waals surface area contributed by atoms with Crippen LogP contribution in [0.25, 0.3) is 0 Å². The van der Waals surface area contributed by atoms with Crippen LogP contribution < -0.4 is 14.8 Å². The van der Waals surface area contributed by atoms with Crippen molar-refractivity contribution in [3.63, 3.8) is 0 Å². The first-order chi connectivity index (χ1) is 18.4. The minimum atomic E-state index is -0.801. The Balaban J connectivity index is 2.66. The van der Waals surface area contributed by atoms with Gasteiger partial charge in [-0.1, -0.05) is 45.4 Å². The van der Waals surface area contributed by atoms with E-state index in [1.165, 1.54) is 6.92 Å². The lowest BCUT2D eigenvalue weighted by Crippen LogP contribution is -2.28. The van der Waals surface area contributed by atoms with Crippen molar-refractivity contribution in [1.29, 1.82) is 0 Å².